The molecule has 0 bridgehead atoms. The maximum Gasteiger partial charge on any atom is 0.326 e. The molecule has 0 aliphatic carbocycles. The van der Waals surface area contributed by atoms with Crippen molar-refractivity contribution in [2.75, 3.05) is 12.7 Å². The van der Waals surface area contributed by atoms with Crippen LogP contribution in [0.1, 0.15) is 12.0 Å². The fraction of sp³-hybridized carbons (Fsp3) is 0.417. The molecule has 1 unspecified atom stereocenters. The Morgan fingerprint density at radius 2 is 2.00 bits per heavy atom. The van der Waals surface area contributed by atoms with Gasteiger partial charge in [-0.25, -0.2) is 4.79 Å². The van der Waals surface area contributed by atoms with E-state index < -0.39 is 24.8 Å². The molecule has 10 nitrogen and oxygen atoms in total. The minimum Gasteiger partial charge on any atom is -0.355 e. The van der Waals surface area contributed by atoms with Crippen molar-refractivity contribution in [1.29, 1.82) is 0 Å². The first-order valence-corrected chi connectivity index (χ1v) is 8.63. The summed E-state index contributed by atoms with van der Waals surface area (Å²) in [6.07, 6.45) is 1.93. The van der Waals surface area contributed by atoms with Crippen LogP contribution in [0.15, 0.2) is 15.8 Å². The zero-order valence-corrected chi connectivity index (χ0v) is 12.9. The molecule has 6 N–H and O–H groups in total. The summed E-state index contributed by atoms with van der Waals surface area (Å²) in [5.41, 5.74) is 0.125. The van der Waals surface area contributed by atoms with E-state index in [1.807, 2.05) is 0 Å². The molecule has 0 radical (unpaired) electrons. The van der Waals surface area contributed by atoms with Gasteiger partial charge in [0.15, 0.2) is 0 Å². The summed E-state index contributed by atoms with van der Waals surface area (Å²) in [4.78, 5) is 58.8. The summed E-state index contributed by atoms with van der Waals surface area (Å²) in [6, 6.07) is 0. The number of carbonyl (C=O) groups excluding carboxylic acids is 1. The minimum atomic E-state index is -4.13. The van der Waals surface area contributed by atoms with Gasteiger partial charge >= 0.3 is 13.3 Å². The fourth-order valence-electron chi connectivity index (χ4n) is 2.18. The van der Waals surface area contributed by atoms with Gasteiger partial charge in [-0.2, -0.15) is 0 Å². The van der Waals surface area contributed by atoms with E-state index in [0.717, 1.165) is 0 Å². The summed E-state index contributed by atoms with van der Waals surface area (Å²) in [5, 5.41) is 2.97. The number of hydrogen-bond donors (Lipinski definition) is 6. The first-order chi connectivity index (χ1) is 10.8. The lowest BCUT2D eigenvalue weighted by Crippen LogP contribution is -2.25. The SMILES string of the molecule is O=CC(CCP(=O)(O)O)CNCc1c[nH]c2c(=O)[nH]c(=O)[nH]c12. The van der Waals surface area contributed by atoms with Crippen molar-refractivity contribution in [3.63, 3.8) is 0 Å². The molecule has 0 fully saturated rings. The molecule has 2 aromatic rings. The molecule has 0 amide bonds. The molecule has 2 rings (SSSR count). The fourth-order valence-corrected chi connectivity index (χ4v) is 2.85. The highest BCUT2D eigenvalue weighted by Crippen LogP contribution is 2.35. The quantitative estimate of drug-likeness (QED) is 0.264. The second-order valence-electron chi connectivity index (χ2n) is 5.18. The van der Waals surface area contributed by atoms with E-state index in [1.54, 1.807) is 6.20 Å². The van der Waals surface area contributed by atoms with Crippen molar-refractivity contribution in [2.24, 2.45) is 5.92 Å². The molecule has 0 aromatic carbocycles. The smallest absolute Gasteiger partial charge is 0.326 e. The van der Waals surface area contributed by atoms with E-state index in [1.165, 1.54) is 0 Å². The first-order valence-electron chi connectivity index (χ1n) is 6.83. The molecular weight excluding hydrogens is 327 g/mol. The predicted molar refractivity (Wildman–Crippen MR) is 82.3 cm³/mol. The van der Waals surface area contributed by atoms with Gasteiger partial charge in [0, 0.05) is 30.8 Å². The number of fused-ring (bicyclic) bond motifs is 1. The van der Waals surface area contributed by atoms with Gasteiger partial charge in [-0.1, -0.05) is 0 Å². The molecule has 0 aliphatic heterocycles. The summed E-state index contributed by atoms with van der Waals surface area (Å²) in [7, 11) is -4.13. The Morgan fingerprint density at radius 3 is 2.65 bits per heavy atom. The van der Waals surface area contributed by atoms with E-state index in [2.05, 4.69) is 20.3 Å². The van der Waals surface area contributed by atoms with Crippen LogP contribution in [0, 0.1) is 5.92 Å². The van der Waals surface area contributed by atoms with Gasteiger partial charge in [-0.05, 0) is 6.42 Å². The summed E-state index contributed by atoms with van der Waals surface area (Å²) in [5.74, 6) is -0.532. The minimum absolute atomic E-state index is 0.0746. The van der Waals surface area contributed by atoms with Gasteiger partial charge in [0.1, 0.15) is 11.8 Å². The zero-order chi connectivity index (χ0) is 17.0. The molecular formula is C12H17N4O6P. The monoisotopic (exact) mass is 344 g/mol. The highest BCUT2D eigenvalue weighted by atomic mass is 31.2. The third kappa shape index (κ3) is 4.73. The number of rotatable bonds is 8. The Labute approximate surface area is 129 Å². The van der Waals surface area contributed by atoms with Crippen LogP contribution in [-0.2, 0) is 15.9 Å². The average molecular weight is 344 g/mol. The Hall–Kier alpha value is -2.00. The van der Waals surface area contributed by atoms with Crippen molar-refractivity contribution in [3.8, 4) is 0 Å². The number of aromatic nitrogens is 3. The second kappa shape index (κ2) is 7.05. The van der Waals surface area contributed by atoms with E-state index in [4.69, 9.17) is 9.79 Å². The molecule has 0 spiro atoms. The number of aromatic amines is 3. The van der Waals surface area contributed by atoms with E-state index in [-0.39, 0.29) is 31.2 Å². The number of nitrogens with one attached hydrogen (secondary N) is 4. The van der Waals surface area contributed by atoms with Crippen LogP contribution in [0.3, 0.4) is 0 Å². The Kier molecular flexibility index (Phi) is 5.32. The van der Waals surface area contributed by atoms with Crippen molar-refractivity contribution in [1.82, 2.24) is 20.3 Å². The van der Waals surface area contributed by atoms with Gasteiger partial charge in [0.25, 0.3) is 5.56 Å². The molecule has 11 heteroatoms. The Balaban J connectivity index is 1.98. The van der Waals surface area contributed by atoms with Gasteiger partial charge in [0.2, 0.25) is 0 Å². The van der Waals surface area contributed by atoms with Gasteiger partial charge in [-0.15, -0.1) is 0 Å². The highest BCUT2D eigenvalue weighted by Gasteiger charge is 2.17. The Morgan fingerprint density at radius 1 is 1.26 bits per heavy atom. The second-order valence-corrected chi connectivity index (χ2v) is 6.95. The Bertz CT molecular complexity index is 847. The van der Waals surface area contributed by atoms with E-state index in [9.17, 15) is 18.9 Å². The first kappa shape index (κ1) is 17.4. The maximum absolute atomic E-state index is 11.6. The third-order valence-corrected chi connectivity index (χ3v) is 4.20. The largest absolute Gasteiger partial charge is 0.355 e. The van der Waals surface area contributed by atoms with Crippen LogP contribution < -0.4 is 16.6 Å². The maximum atomic E-state index is 11.6. The lowest BCUT2D eigenvalue weighted by atomic mass is 10.1. The van der Waals surface area contributed by atoms with Crippen LogP contribution in [0.4, 0.5) is 0 Å². The van der Waals surface area contributed by atoms with E-state index in [0.29, 0.717) is 17.4 Å². The van der Waals surface area contributed by atoms with Gasteiger partial charge < -0.3 is 29.9 Å². The summed E-state index contributed by atoms with van der Waals surface area (Å²) in [6.45, 7) is 0.503. The van der Waals surface area contributed by atoms with Gasteiger partial charge in [0.05, 0.1) is 11.7 Å². The van der Waals surface area contributed by atoms with Crippen LogP contribution >= 0.6 is 7.60 Å². The molecule has 1 atom stereocenters. The molecule has 2 heterocycles. The topological polar surface area (TPSA) is 168 Å². The molecule has 126 valence electrons. The third-order valence-electron chi connectivity index (χ3n) is 3.36. The number of carbonyl (C=O) groups is 1. The molecule has 0 saturated carbocycles. The van der Waals surface area contributed by atoms with Gasteiger partial charge in [-0.3, -0.25) is 14.3 Å². The number of aldehydes is 1. The van der Waals surface area contributed by atoms with Crippen LogP contribution in [0.25, 0.3) is 11.0 Å². The van der Waals surface area contributed by atoms with Crippen LogP contribution in [0.2, 0.25) is 0 Å². The lowest BCUT2D eigenvalue weighted by molar-refractivity contribution is -0.111. The summed E-state index contributed by atoms with van der Waals surface area (Å²) >= 11 is 0. The van der Waals surface area contributed by atoms with Crippen molar-refractivity contribution < 1.29 is 19.1 Å². The zero-order valence-electron chi connectivity index (χ0n) is 12.0. The number of H-pyrrole nitrogens is 3. The normalized spacial score (nSPS) is 13.3. The average Bonchev–Trinajstić information content (AvgIpc) is 2.85. The predicted octanol–water partition coefficient (Wildman–Crippen LogP) is -0.983. The lowest BCUT2D eigenvalue weighted by Gasteiger charge is -2.11. The molecule has 0 aliphatic rings. The van der Waals surface area contributed by atoms with Crippen LogP contribution in [0.5, 0.6) is 0 Å². The molecule has 0 saturated heterocycles. The molecule has 23 heavy (non-hydrogen) atoms. The van der Waals surface area contributed by atoms with E-state index >= 15 is 0 Å². The van der Waals surface area contributed by atoms with Crippen molar-refractivity contribution in [3.05, 3.63) is 32.6 Å². The van der Waals surface area contributed by atoms with Crippen LogP contribution in [-0.4, -0.2) is 43.7 Å². The van der Waals surface area contributed by atoms with Crippen molar-refractivity contribution in [2.45, 2.75) is 13.0 Å². The highest BCUT2D eigenvalue weighted by molar-refractivity contribution is 7.51. The van der Waals surface area contributed by atoms with Crippen molar-refractivity contribution >= 4 is 24.9 Å². The standard InChI is InChI=1S/C12H17N4O6P/c17-6-7(1-2-23(20,21)22)3-13-4-8-5-14-10-9(8)15-12(19)16-11(10)18/h5-7,13-14H,1-4H2,(H2,20,21,22)(H2,15,16,18,19). The molecule has 2 aromatic heterocycles. The summed E-state index contributed by atoms with van der Waals surface area (Å²) < 4.78 is 10.8. The number of hydrogen-bond acceptors (Lipinski definition) is 5.